The van der Waals surface area contributed by atoms with Gasteiger partial charge in [-0.2, -0.15) is 0 Å². The summed E-state index contributed by atoms with van der Waals surface area (Å²) < 4.78 is 22.1. The van der Waals surface area contributed by atoms with Gasteiger partial charge in [0.2, 0.25) is 0 Å². The summed E-state index contributed by atoms with van der Waals surface area (Å²) in [5.41, 5.74) is 0. The van der Waals surface area contributed by atoms with Gasteiger partial charge < -0.3 is 18.9 Å². The summed E-state index contributed by atoms with van der Waals surface area (Å²) in [6.45, 7) is 3.37. The molecule has 1 saturated carbocycles. The molecule has 3 fully saturated rings. The third kappa shape index (κ3) is 4.87. The van der Waals surface area contributed by atoms with Crippen LogP contribution in [0.25, 0.3) is 0 Å². The molecule has 0 spiro atoms. The van der Waals surface area contributed by atoms with Crippen molar-refractivity contribution >= 4 is 11.6 Å². The van der Waals surface area contributed by atoms with Crippen LogP contribution in [0.1, 0.15) is 32.1 Å². The molecule has 4 nitrogen and oxygen atoms in total. The van der Waals surface area contributed by atoms with Crippen molar-refractivity contribution in [2.24, 2.45) is 0 Å². The quantitative estimate of drug-likeness (QED) is 0.507. The summed E-state index contributed by atoms with van der Waals surface area (Å²) in [7, 11) is 0. The van der Waals surface area contributed by atoms with Crippen LogP contribution in [0.3, 0.4) is 0 Å². The average molecular weight is 291 g/mol. The van der Waals surface area contributed by atoms with Crippen LogP contribution in [-0.2, 0) is 18.9 Å². The normalized spacial score (nSPS) is 41.2. The van der Waals surface area contributed by atoms with Gasteiger partial charge in [-0.1, -0.05) is 0 Å². The molecule has 0 bridgehead atoms. The molecule has 0 N–H and O–H groups in total. The maximum Gasteiger partial charge on any atom is 0.0831 e. The molecule has 5 atom stereocenters. The van der Waals surface area contributed by atoms with E-state index >= 15 is 0 Å². The number of hydrogen-bond acceptors (Lipinski definition) is 4. The molecule has 0 radical (unpaired) electrons. The first-order valence-electron chi connectivity index (χ1n) is 7.42. The zero-order valence-corrected chi connectivity index (χ0v) is 12.0. The van der Waals surface area contributed by atoms with Crippen LogP contribution in [0.15, 0.2) is 0 Å². The first-order valence-corrected chi connectivity index (χ1v) is 7.85. The maximum absolute atomic E-state index is 6.40. The van der Waals surface area contributed by atoms with Gasteiger partial charge in [0.25, 0.3) is 0 Å². The number of rotatable bonds is 8. The van der Waals surface area contributed by atoms with Crippen molar-refractivity contribution < 1.29 is 18.9 Å². The Kier molecular flexibility index (Phi) is 4.98. The molecule has 5 heteroatoms. The van der Waals surface area contributed by atoms with Gasteiger partial charge in [-0.3, -0.25) is 0 Å². The van der Waals surface area contributed by atoms with Crippen molar-refractivity contribution in [3.63, 3.8) is 0 Å². The van der Waals surface area contributed by atoms with Gasteiger partial charge in [0.15, 0.2) is 0 Å². The molecule has 0 amide bonds. The Bertz CT molecular complexity index is 281. The van der Waals surface area contributed by atoms with Gasteiger partial charge in [-0.25, -0.2) is 0 Å². The van der Waals surface area contributed by atoms with Crippen LogP contribution in [0.5, 0.6) is 0 Å². The highest BCUT2D eigenvalue weighted by molar-refractivity contribution is 6.21. The molecule has 3 aliphatic rings. The van der Waals surface area contributed by atoms with Crippen molar-refractivity contribution in [2.75, 3.05) is 26.4 Å². The number of halogens is 1. The lowest BCUT2D eigenvalue weighted by molar-refractivity contribution is -0.0311. The Labute approximate surface area is 119 Å². The first kappa shape index (κ1) is 14.1. The highest BCUT2D eigenvalue weighted by Crippen LogP contribution is 2.29. The van der Waals surface area contributed by atoms with Crippen LogP contribution in [-0.4, -0.2) is 56.2 Å². The summed E-state index contributed by atoms with van der Waals surface area (Å²) in [6.07, 6.45) is 6.36. The second kappa shape index (κ2) is 6.72. The lowest BCUT2D eigenvalue weighted by Crippen LogP contribution is -2.36. The van der Waals surface area contributed by atoms with E-state index in [1.165, 1.54) is 0 Å². The monoisotopic (exact) mass is 290 g/mol. The maximum atomic E-state index is 6.40. The van der Waals surface area contributed by atoms with E-state index in [4.69, 9.17) is 30.5 Å². The molecule has 110 valence electrons. The van der Waals surface area contributed by atoms with Crippen molar-refractivity contribution in [3.05, 3.63) is 0 Å². The molecule has 5 unspecified atom stereocenters. The molecular weight excluding hydrogens is 268 g/mol. The number of alkyl halides is 1. The number of epoxide rings is 2. The summed E-state index contributed by atoms with van der Waals surface area (Å²) in [4.78, 5) is 0. The highest BCUT2D eigenvalue weighted by atomic mass is 35.5. The fourth-order valence-electron chi connectivity index (χ4n) is 2.58. The smallest absolute Gasteiger partial charge is 0.0831 e. The zero-order chi connectivity index (χ0) is 13.1. The Balaban J connectivity index is 1.28. The Morgan fingerprint density at radius 3 is 2.16 bits per heavy atom. The van der Waals surface area contributed by atoms with Crippen molar-refractivity contribution in [1.82, 2.24) is 0 Å². The van der Waals surface area contributed by atoms with Crippen LogP contribution in [0.4, 0.5) is 0 Å². The van der Waals surface area contributed by atoms with Gasteiger partial charge in [0.05, 0.1) is 43.0 Å². The lowest BCUT2D eigenvalue weighted by Gasteiger charge is -2.32. The standard InChI is InChI=1S/C14H23ClO4/c15-13-7-10(16-5-3-11-8-18-11)1-2-14(13)17-6-4-12-9-19-12/h10-14H,1-9H2. The minimum atomic E-state index is 0.0797. The minimum absolute atomic E-state index is 0.0797. The molecular formula is C14H23ClO4. The summed E-state index contributed by atoms with van der Waals surface area (Å²) in [5, 5.41) is 0.0797. The van der Waals surface area contributed by atoms with Gasteiger partial charge in [-0.15, -0.1) is 11.6 Å². The fraction of sp³-hybridized carbons (Fsp3) is 1.00. The first-order chi connectivity index (χ1) is 9.31. The van der Waals surface area contributed by atoms with Crippen molar-refractivity contribution in [2.45, 2.75) is 61.9 Å². The van der Waals surface area contributed by atoms with E-state index in [1.54, 1.807) is 0 Å². The minimum Gasteiger partial charge on any atom is -0.378 e. The number of hydrogen-bond donors (Lipinski definition) is 0. The molecule has 2 heterocycles. The lowest BCUT2D eigenvalue weighted by atomic mass is 9.94. The van der Waals surface area contributed by atoms with E-state index in [-0.39, 0.29) is 11.5 Å². The summed E-state index contributed by atoms with van der Waals surface area (Å²) in [6, 6.07) is 0. The summed E-state index contributed by atoms with van der Waals surface area (Å²) >= 11 is 6.40. The van der Waals surface area contributed by atoms with Crippen LogP contribution < -0.4 is 0 Å². The Hall–Kier alpha value is 0.130. The topological polar surface area (TPSA) is 43.5 Å². The fourth-order valence-corrected chi connectivity index (χ4v) is 2.97. The molecule has 0 aromatic carbocycles. The van der Waals surface area contributed by atoms with Gasteiger partial charge in [-0.05, 0) is 32.1 Å². The third-order valence-corrected chi connectivity index (χ3v) is 4.49. The van der Waals surface area contributed by atoms with E-state index in [1.807, 2.05) is 0 Å². The summed E-state index contributed by atoms with van der Waals surface area (Å²) in [5.74, 6) is 0. The van der Waals surface area contributed by atoms with E-state index in [0.717, 1.165) is 58.5 Å². The molecule has 2 saturated heterocycles. The molecule has 0 aromatic heterocycles. The van der Waals surface area contributed by atoms with Crippen LogP contribution >= 0.6 is 11.6 Å². The SMILES string of the molecule is ClC1CC(OCCC2CO2)CCC1OCCC1CO1. The van der Waals surface area contributed by atoms with Crippen LogP contribution in [0, 0.1) is 0 Å². The average Bonchev–Trinajstić information content (AvgIpc) is 3.24. The predicted octanol–water partition coefficient (Wildman–Crippen LogP) is 2.13. The van der Waals surface area contributed by atoms with Gasteiger partial charge in [0.1, 0.15) is 0 Å². The second-order valence-electron chi connectivity index (χ2n) is 5.72. The largest absolute Gasteiger partial charge is 0.378 e. The third-order valence-electron chi connectivity index (χ3n) is 4.03. The van der Waals surface area contributed by atoms with Crippen LogP contribution in [0.2, 0.25) is 0 Å². The van der Waals surface area contributed by atoms with E-state index in [0.29, 0.717) is 18.3 Å². The number of ether oxygens (including phenoxy) is 4. The van der Waals surface area contributed by atoms with E-state index in [2.05, 4.69) is 0 Å². The molecule has 19 heavy (non-hydrogen) atoms. The predicted molar refractivity (Wildman–Crippen MR) is 71.7 cm³/mol. The second-order valence-corrected chi connectivity index (χ2v) is 6.28. The van der Waals surface area contributed by atoms with Gasteiger partial charge >= 0.3 is 0 Å². The zero-order valence-electron chi connectivity index (χ0n) is 11.3. The molecule has 0 aromatic rings. The van der Waals surface area contributed by atoms with Crippen molar-refractivity contribution in [1.29, 1.82) is 0 Å². The highest BCUT2D eigenvalue weighted by Gasteiger charge is 2.31. The Morgan fingerprint density at radius 1 is 0.947 bits per heavy atom. The van der Waals surface area contributed by atoms with Crippen molar-refractivity contribution in [3.8, 4) is 0 Å². The van der Waals surface area contributed by atoms with E-state index in [9.17, 15) is 0 Å². The molecule has 1 aliphatic carbocycles. The molecule has 2 aliphatic heterocycles. The van der Waals surface area contributed by atoms with Gasteiger partial charge in [0, 0.05) is 13.2 Å². The van der Waals surface area contributed by atoms with E-state index < -0.39 is 0 Å². The Morgan fingerprint density at radius 2 is 1.58 bits per heavy atom. The molecule has 3 rings (SSSR count).